The molecule has 2 N–H and O–H groups in total. The molecule has 0 fully saturated rings. The van der Waals surface area contributed by atoms with Gasteiger partial charge in [0.2, 0.25) is 0 Å². The molecule has 2 nitrogen and oxygen atoms in total. The summed E-state index contributed by atoms with van der Waals surface area (Å²) in [6.07, 6.45) is 0. The number of nitrogen functional groups attached to an aromatic ring is 1. The van der Waals surface area contributed by atoms with Gasteiger partial charge in [-0.3, -0.25) is 0 Å². The summed E-state index contributed by atoms with van der Waals surface area (Å²) >= 11 is 1.59. The van der Waals surface area contributed by atoms with Gasteiger partial charge in [0.25, 0.3) is 0 Å². The molecule has 4 heteroatoms. The number of aromatic nitrogens is 1. The van der Waals surface area contributed by atoms with Crippen LogP contribution < -0.4 is 5.73 Å². The molecule has 100 valence electrons. The molecule has 0 bridgehead atoms. The van der Waals surface area contributed by atoms with Crippen LogP contribution in [0.15, 0.2) is 48.5 Å². The van der Waals surface area contributed by atoms with E-state index in [1.807, 2.05) is 31.2 Å². The molecule has 0 aliphatic carbocycles. The molecule has 3 rings (SSSR count). The molecule has 2 aromatic carbocycles. The quantitative estimate of drug-likeness (QED) is 0.703. The topological polar surface area (TPSA) is 38.9 Å². The van der Waals surface area contributed by atoms with E-state index in [-0.39, 0.29) is 5.82 Å². The normalized spacial score (nSPS) is 10.7. The molecule has 3 aromatic rings. The highest BCUT2D eigenvalue weighted by Gasteiger charge is 2.11. The number of nitrogens with two attached hydrogens (primary N) is 1. The Balaban J connectivity index is 2.05. The molecule has 0 amide bonds. The van der Waals surface area contributed by atoms with Gasteiger partial charge in [-0.2, -0.15) is 0 Å². The molecule has 0 spiro atoms. The highest BCUT2D eigenvalue weighted by Crippen LogP contribution is 2.35. The Kier molecular flexibility index (Phi) is 3.24. The van der Waals surface area contributed by atoms with Gasteiger partial charge in [0.1, 0.15) is 10.8 Å². The second kappa shape index (κ2) is 5.06. The second-order valence-electron chi connectivity index (χ2n) is 4.57. The zero-order valence-corrected chi connectivity index (χ0v) is 11.7. The Morgan fingerprint density at radius 1 is 1.05 bits per heavy atom. The molecular weight excluding hydrogens is 271 g/mol. The molecule has 0 aliphatic rings. The van der Waals surface area contributed by atoms with Crippen LogP contribution >= 0.6 is 11.3 Å². The summed E-state index contributed by atoms with van der Waals surface area (Å²) in [4.78, 5) is 5.65. The molecule has 0 radical (unpaired) electrons. The van der Waals surface area contributed by atoms with Gasteiger partial charge >= 0.3 is 0 Å². The Hall–Kier alpha value is -2.20. The summed E-state index contributed by atoms with van der Waals surface area (Å²) in [6, 6.07) is 14.2. The van der Waals surface area contributed by atoms with Crippen molar-refractivity contribution in [1.82, 2.24) is 4.98 Å². The number of nitrogens with zero attached hydrogens (tertiary/aromatic N) is 1. The molecule has 0 saturated carbocycles. The van der Waals surface area contributed by atoms with Gasteiger partial charge in [-0.25, -0.2) is 9.37 Å². The Morgan fingerprint density at radius 3 is 2.50 bits per heavy atom. The Labute approximate surface area is 120 Å². The van der Waals surface area contributed by atoms with E-state index in [0.717, 1.165) is 32.4 Å². The van der Waals surface area contributed by atoms with E-state index < -0.39 is 0 Å². The number of halogens is 1. The monoisotopic (exact) mass is 284 g/mol. The van der Waals surface area contributed by atoms with Crippen LogP contribution in [0, 0.1) is 12.7 Å². The Morgan fingerprint density at radius 2 is 1.80 bits per heavy atom. The zero-order valence-electron chi connectivity index (χ0n) is 10.9. The fraction of sp³-hybridized carbons (Fsp3) is 0.0625. The molecule has 0 aliphatic heterocycles. The maximum atomic E-state index is 13.0. The van der Waals surface area contributed by atoms with Gasteiger partial charge in [-0.15, -0.1) is 11.3 Å². The van der Waals surface area contributed by atoms with Crippen LogP contribution in [-0.4, -0.2) is 4.98 Å². The SMILES string of the molecule is Cc1nc(-c2cccc(N)c2)sc1-c1ccc(F)cc1. The zero-order chi connectivity index (χ0) is 14.1. The molecule has 0 unspecified atom stereocenters. The molecule has 1 aromatic heterocycles. The fourth-order valence-corrected chi connectivity index (χ4v) is 3.13. The lowest BCUT2D eigenvalue weighted by molar-refractivity contribution is 0.628. The van der Waals surface area contributed by atoms with Gasteiger partial charge in [-0.1, -0.05) is 24.3 Å². The van der Waals surface area contributed by atoms with Gasteiger partial charge in [0.05, 0.1) is 10.6 Å². The van der Waals surface area contributed by atoms with Crippen molar-refractivity contribution in [2.45, 2.75) is 6.92 Å². The van der Waals surface area contributed by atoms with Crippen LogP contribution in [0.2, 0.25) is 0 Å². The minimum atomic E-state index is -0.230. The van der Waals surface area contributed by atoms with E-state index in [9.17, 15) is 4.39 Å². The third-order valence-electron chi connectivity index (χ3n) is 3.04. The van der Waals surface area contributed by atoms with E-state index in [1.165, 1.54) is 12.1 Å². The first-order valence-electron chi connectivity index (χ1n) is 6.23. The van der Waals surface area contributed by atoms with Crippen molar-refractivity contribution >= 4 is 17.0 Å². The number of aryl methyl sites for hydroxylation is 1. The van der Waals surface area contributed by atoms with Gasteiger partial charge in [-0.05, 0) is 36.8 Å². The second-order valence-corrected chi connectivity index (χ2v) is 5.56. The molecular formula is C16H13FN2S. The minimum absolute atomic E-state index is 0.230. The number of anilines is 1. The number of thiazole rings is 1. The van der Waals surface area contributed by atoms with Crippen LogP contribution in [0.1, 0.15) is 5.69 Å². The molecule has 0 saturated heterocycles. The smallest absolute Gasteiger partial charge is 0.124 e. The first-order valence-corrected chi connectivity index (χ1v) is 7.04. The van der Waals surface area contributed by atoms with Crippen LogP contribution in [0.3, 0.4) is 0 Å². The first-order chi connectivity index (χ1) is 9.63. The van der Waals surface area contributed by atoms with Crippen LogP contribution in [0.25, 0.3) is 21.0 Å². The van der Waals surface area contributed by atoms with Gasteiger partial charge < -0.3 is 5.73 Å². The van der Waals surface area contributed by atoms with Crippen LogP contribution in [0.4, 0.5) is 10.1 Å². The van der Waals surface area contributed by atoms with Crippen molar-refractivity contribution in [3.8, 4) is 21.0 Å². The predicted octanol–water partition coefficient (Wildman–Crippen LogP) is 4.51. The lowest BCUT2D eigenvalue weighted by Gasteiger charge is -1.98. The summed E-state index contributed by atoms with van der Waals surface area (Å²) in [5, 5.41) is 0.925. The van der Waals surface area contributed by atoms with Crippen LogP contribution in [-0.2, 0) is 0 Å². The highest BCUT2D eigenvalue weighted by molar-refractivity contribution is 7.18. The average Bonchev–Trinajstić information content (AvgIpc) is 2.82. The van der Waals surface area contributed by atoms with E-state index in [0.29, 0.717) is 0 Å². The summed E-state index contributed by atoms with van der Waals surface area (Å²) < 4.78 is 13.0. The van der Waals surface area contributed by atoms with Crippen molar-refractivity contribution in [2.75, 3.05) is 5.73 Å². The third-order valence-corrected chi connectivity index (χ3v) is 4.29. The average molecular weight is 284 g/mol. The van der Waals surface area contributed by atoms with E-state index >= 15 is 0 Å². The maximum Gasteiger partial charge on any atom is 0.124 e. The summed E-state index contributed by atoms with van der Waals surface area (Å²) in [5.41, 5.74) is 9.46. The lowest BCUT2D eigenvalue weighted by Crippen LogP contribution is -1.84. The van der Waals surface area contributed by atoms with Gasteiger partial charge in [0, 0.05) is 11.3 Å². The first kappa shape index (κ1) is 12.8. The van der Waals surface area contributed by atoms with E-state index in [4.69, 9.17) is 5.73 Å². The Bertz CT molecular complexity index is 747. The number of hydrogen-bond acceptors (Lipinski definition) is 3. The van der Waals surface area contributed by atoms with Crippen molar-refractivity contribution in [1.29, 1.82) is 0 Å². The summed E-state index contributed by atoms with van der Waals surface area (Å²) in [5.74, 6) is -0.230. The minimum Gasteiger partial charge on any atom is -0.399 e. The van der Waals surface area contributed by atoms with Crippen LogP contribution in [0.5, 0.6) is 0 Å². The van der Waals surface area contributed by atoms with Crippen molar-refractivity contribution in [3.63, 3.8) is 0 Å². The number of hydrogen-bond donors (Lipinski definition) is 1. The highest BCUT2D eigenvalue weighted by atomic mass is 32.1. The van der Waals surface area contributed by atoms with Gasteiger partial charge in [0.15, 0.2) is 0 Å². The summed E-state index contributed by atoms with van der Waals surface area (Å²) in [7, 11) is 0. The van der Waals surface area contributed by atoms with Crippen molar-refractivity contribution in [3.05, 3.63) is 60.0 Å². The number of rotatable bonds is 2. The molecule has 1 heterocycles. The standard InChI is InChI=1S/C16H13FN2S/c1-10-15(11-5-7-13(17)8-6-11)20-16(19-10)12-3-2-4-14(18)9-12/h2-9H,18H2,1H3. The number of benzene rings is 2. The largest absolute Gasteiger partial charge is 0.399 e. The molecule has 20 heavy (non-hydrogen) atoms. The van der Waals surface area contributed by atoms with E-state index in [2.05, 4.69) is 4.98 Å². The van der Waals surface area contributed by atoms with Crippen molar-refractivity contribution < 1.29 is 4.39 Å². The third kappa shape index (κ3) is 2.42. The van der Waals surface area contributed by atoms with Crippen molar-refractivity contribution in [2.24, 2.45) is 0 Å². The predicted molar refractivity (Wildman–Crippen MR) is 82.1 cm³/mol. The lowest BCUT2D eigenvalue weighted by atomic mass is 10.1. The maximum absolute atomic E-state index is 13.0. The fourth-order valence-electron chi connectivity index (χ4n) is 2.06. The van der Waals surface area contributed by atoms with E-state index in [1.54, 1.807) is 23.5 Å². The molecule has 0 atom stereocenters. The summed E-state index contributed by atoms with van der Waals surface area (Å²) in [6.45, 7) is 1.96.